The molecule has 2 aromatic rings. The van der Waals surface area contributed by atoms with Crippen LogP contribution in [0.2, 0.25) is 5.02 Å². The monoisotopic (exact) mass is 286 g/mol. The van der Waals surface area contributed by atoms with Gasteiger partial charge >= 0.3 is 0 Å². The van der Waals surface area contributed by atoms with Gasteiger partial charge in [-0.3, -0.25) is 4.79 Å². The standard InChI is InChI=1S/C13H6ClF3O2/c14-9-2-1-8(5-10(9)15)19-13-11(16)3-7(6-18)4-12(13)17/h1-6H. The highest BCUT2D eigenvalue weighted by Gasteiger charge is 2.14. The first-order valence-electron chi connectivity index (χ1n) is 5.08. The zero-order valence-electron chi connectivity index (χ0n) is 9.29. The summed E-state index contributed by atoms with van der Waals surface area (Å²) in [6.45, 7) is 0. The van der Waals surface area contributed by atoms with Gasteiger partial charge in [0, 0.05) is 11.6 Å². The van der Waals surface area contributed by atoms with Crippen molar-refractivity contribution in [3.63, 3.8) is 0 Å². The van der Waals surface area contributed by atoms with Crippen LogP contribution in [0.4, 0.5) is 13.2 Å². The quantitative estimate of drug-likeness (QED) is 0.784. The van der Waals surface area contributed by atoms with E-state index < -0.39 is 23.2 Å². The average Bonchev–Trinajstić information content (AvgIpc) is 2.37. The zero-order chi connectivity index (χ0) is 14.0. The molecule has 0 fully saturated rings. The van der Waals surface area contributed by atoms with Gasteiger partial charge in [0.05, 0.1) is 5.02 Å². The lowest BCUT2D eigenvalue weighted by molar-refractivity contribution is 0.112. The van der Waals surface area contributed by atoms with Gasteiger partial charge in [-0.2, -0.15) is 0 Å². The molecule has 0 amide bonds. The molecule has 0 N–H and O–H groups in total. The summed E-state index contributed by atoms with van der Waals surface area (Å²) in [4.78, 5) is 10.4. The largest absolute Gasteiger partial charge is 0.451 e. The molecule has 2 nitrogen and oxygen atoms in total. The molecule has 0 aliphatic heterocycles. The maximum atomic E-state index is 13.5. The first kappa shape index (κ1) is 13.4. The molecule has 19 heavy (non-hydrogen) atoms. The minimum absolute atomic E-state index is 0.112. The number of hydrogen-bond donors (Lipinski definition) is 0. The summed E-state index contributed by atoms with van der Waals surface area (Å²) in [7, 11) is 0. The van der Waals surface area contributed by atoms with E-state index in [-0.39, 0.29) is 16.3 Å². The van der Waals surface area contributed by atoms with Crippen LogP contribution in [0.3, 0.4) is 0 Å². The summed E-state index contributed by atoms with van der Waals surface area (Å²) >= 11 is 5.47. The number of benzene rings is 2. The lowest BCUT2D eigenvalue weighted by atomic mass is 10.2. The first-order chi connectivity index (χ1) is 9.01. The molecular weight excluding hydrogens is 281 g/mol. The van der Waals surface area contributed by atoms with Gasteiger partial charge in [-0.1, -0.05) is 11.6 Å². The third-order valence-corrected chi connectivity index (χ3v) is 2.57. The highest BCUT2D eigenvalue weighted by molar-refractivity contribution is 6.30. The van der Waals surface area contributed by atoms with Crippen molar-refractivity contribution in [1.29, 1.82) is 0 Å². The third kappa shape index (κ3) is 2.88. The van der Waals surface area contributed by atoms with Crippen LogP contribution in [0.25, 0.3) is 0 Å². The third-order valence-electron chi connectivity index (χ3n) is 2.27. The summed E-state index contributed by atoms with van der Waals surface area (Å²) in [6, 6.07) is 4.99. The van der Waals surface area contributed by atoms with Crippen LogP contribution in [0.1, 0.15) is 10.4 Å². The molecular formula is C13H6ClF3O2. The van der Waals surface area contributed by atoms with Crippen LogP contribution in [-0.2, 0) is 0 Å². The number of aldehydes is 1. The van der Waals surface area contributed by atoms with E-state index in [4.69, 9.17) is 16.3 Å². The molecule has 0 heterocycles. The number of ether oxygens (including phenoxy) is 1. The van der Waals surface area contributed by atoms with E-state index in [1.807, 2.05) is 0 Å². The molecule has 0 saturated carbocycles. The number of carbonyl (C=O) groups is 1. The lowest BCUT2D eigenvalue weighted by Gasteiger charge is -2.08. The fourth-order valence-electron chi connectivity index (χ4n) is 1.40. The van der Waals surface area contributed by atoms with E-state index in [0.29, 0.717) is 6.29 Å². The van der Waals surface area contributed by atoms with Gasteiger partial charge in [0.25, 0.3) is 0 Å². The van der Waals surface area contributed by atoms with Crippen molar-refractivity contribution >= 4 is 17.9 Å². The second-order valence-corrected chi connectivity index (χ2v) is 4.02. The van der Waals surface area contributed by atoms with Crippen LogP contribution >= 0.6 is 11.6 Å². The van der Waals surface area contributed by atoms with Gasteiger partial charge < -0.3 is 4.74 Å². The van der Waals surface area contributed by atoms with Crippen LogP contribution < -0.4 is 4.74 Å². The molecule has 0 bridgehead atoms. The summed E-state index contributed by atoms with van der Waals surface area (Å²) in [6.07, 6.45) is 0.303. The van der Waals surface area contributed by atoms with Gasteiger partial charge in [-0.15, -0.1) is 0 Å². The Hall–Kier alpha value is -2.01. The summed E-state index contributed by atoms with van der Waals surface area (Å²) in [5.41, 5.74) is -0.162. The number of halogens is 4. The Bertz CT molecular complexity index is 621. The molecule has 0 aromatic heterocycles. The van der Waals surface area contributed by atoms with E-state index in [9.17, 15) is 18.0 Å². The van der Waals surface area contributed by atoms with E-state index in [2.05, 4.69) is 0 Å². The molecule has 0 aliphatic rings. The Morgan fingerprint density at radius 2 is 1.63 bits per heavy atom. The van der Waals surface area contributed by atoms with E-state index in [1.165, 1.54) is 12.1 Å². The fourth-order valence-corrected chi connectivity index (χ4v) is 1.52. The minimum Gasteiger partial charge on any atom is -0.451 e. The highest BCUT2D eigenvalue weighted by atomic mass is 35.5. The summed E-state index contributed by atoms with van der Waals surface area (Å²) < 4.78 is 45.1. The smallest absolute Gasteiger partial charge is 0.198 e. The van der Waals surface area contributed by atoms with Crippen molar-refractivity contribution in [2.45, 2.75) is 0 Å². The summed E-state index contributed by atoms with van der Waals surface area (Å²) in [5, 5.41) is -0.135. The maximum Gasteiger partial charge on any atom is 0.198 e. The van der Waals surface area contributed by atoms with Crippen molar-refractivity contribution in [3.05, 3.63) is 58.4 Å². The molecule has 0 radical (unpaired) electrons. The van der Waals surface area contributed by atoms with Crippen LogP contribution in [0.5, 0.6) is 11.5 Å². The molecule has 2 rings (SSSR count). The van der Waals surface area contributed by atoms with Crippen molar-refractivity contribution in [3.8, 4) is 11.5 Å². The van der Waals surface area contributed by atoms with Gasteiger partial charge in [0.2, 0.25) is 0 Å². The molecule has 0 unspecified atom stereocenters. The molecule has 2 aromatic carbocycles. The van der Waals surface area contributed by atoms with Crippen molar-refractivity contribution in [2.75, 3.05) is 0 Å². The summed E-state index contributed by atoms with van der Waals surface area (Å²) in [5.74, 6) is -3.72. The number of hydrogen-bond acceptors (Lipinski definition) is 2. The Kier molecular flexibility index (Phi) is 3.76. The van der Waals surface area contributed by atoms with E-state index in [0.717, 1.165) is 18.2 Å². The zero-order valence-corrected chi connectivity index (χ0v) is 10.0. The Labute approximate surface area is 111 Å². The Morgan fingerprint density at radius 3 is 2.16 bits per heavy atom. The van der Waals surface area contributed by atoms with Crippen molar-refractivity contribution in [2.24, 2.45) is 0 Å². The van der Waals surface area contributed by atoms with E-state index >= 15 is 0 Å². The van der Waals surface area contributed by atoms with Gasteiger partial charge in [-0.05, 0) is 24.3 Å². The fraction of sp³-hybridized carbons (Fsp3) is 0. The molecule has 0 spiro atoms. The van der Waals surface area contributed by atoms with Crippen molar-refractivity contribution < 1.29 is 22.7 Å². The molecule has 0 saturated heterocycles. The Morgan fingerprint density at radius 1 is 1.00 bits per heavy atom. The van der Waals surface area contributed by atoms with Crippen LogP contribution in [-0.4, -0.2) is 6.29 Å². The number of carbonyl (C=O) groups excluding carboxylic acids is 1. The number of rotatable bonds is 3. The predicted molar refractivity (Wildman–Crippen MR) is 63.2 cm³/mol. The second-order valence-electron chi connectivity index (χ2n) is 3.61. The molecule has 98 valence electrons. The average molecular weight is 287 g/mol. The highest BCUT2D eigenvalue weighted by Crippen LogP contribution is 2.30. The van der Waals surface area contributed by atoms with Gasteiger partial charge in [0.1, 0.15) is 17.9 Å². The van der Waals surface area contributed by atoms with Crippen LogP contribution in [0.15, 0.2) is 30.3 Å². The lowest BCUT2D eigenvalue weighted by Crippen LogP contribution is -1.95. The SMILES string of the molecule is O=Cc1cc(F)c(Oc2ccc(Cl)c(F)c2)c(F)c1. The van der Waals surface area contributed by atoms with Crippen LogP contribution in [0, 0.1) is 17.5 Å². The van der Waals surface area contributed by atoms with Crippen molar-refractivity contribution in [1.82, 2.24) is 0 Å². The van der Waals surface area contributed by atoms with E-state index in [1.54, 1.807) is 0 Å². The Balaban J connectivity index is 2.38. The minimum atomic E-state index is -1.06. The van der Waals surface area contributed by atoms with Gasteiger partial charge in [0.15, 0.2) is 17.4 Å². The normalized spacial score (nSPS) is 10.3. The molecule has 0 atom stereocenters. The molecule has 6 heteroatoms. The predicted octanol–water partition coefficient (Wildman–Crippen LogP) is 4.36. The molecule has 0 aliphatic carbocycles. The second kappa shape index (κ2) is 5.32. The first-order valence-corrected chi connectivity index (χ1v) is 5.46. The topological polar surface area (TPSA) is 26.3 Å². The van der Waals surface area contributed by atoms with Gasteiger partial charge in [-0.25, -0.2) is 13.2 Å². The maximum absolute atomic E-state index is 13.5.